The average molecular weight is 691 g/mol. The molecule has 0 bridgehead atoms. The van der Waals surface area contributed by atoms with E-state index < -0.39 is 30.2 Å². The van der Waals surface area contributed by atoms with Crippen LogP contribution in [0.1, 0.15) is 119 Å². The van der Waals surface area contributed by atoms with Crippen LogP contribution in [-0.2, 0) is 65.6 Å². The van der Waals surface area contributed by atoms with Gasteiger partial charge in [-0.3, -0.25) is 27.1 Å². The van der Waals surface area contributed by atoms with Crippen molar-refractivity contribution in [3.8, 4) is 0 Å². The van der Waals surface area contributed by atoms with Crippen molar-refractivity contribution in [2.24, 2.45) is 0 Å². The van der Waals surface area contributed by atoms with Gasteiger partial charge < -0.3 is 0 Å². The van der Waals surface area contributed by atoms with Crippen LogP contribution in [0, 0.1) is 0 Å². The summed E-state index contributed by atoms with van der Waals surface area (Å²) in [4.78, 5) is 0. The highest BCUT2D eigenvalue weighted by Gasteiger charge is 2.48. The topological polar surface area (TPSA) is 134 Å². The highest BCUT2D eigenvalue weighted by atomic mass is 32.5. The molecule has 41 heavy (non-hydrogen) atoms. The van der Waals surface area contributed by atoms with E-state index in [-0.39, 0.29) is 39.6 Å². The summed E-state index contributed by atoms with van der Waals surface area (Å²) in [5.74, 6) is 0. The molecule has 0 aliphatic carbocycles. The first-order valence-electron chi connectivity index (χ1n) is 14.9. The summed E-state index contributed by atoms with van der Waals surface area (Å²) in [6.45, 7) is 7.10. The van der Waals surface area contributed by atoms with E-state index in [0.29, 0.717) is 38.5 Å². The van der Waals surface area contributed by atoms with Gasteiger partial charge in [0.15, 0.2) is 0 Å². The van der Waals surface area contributed by atoms with Crippen LogP contribution in [0.15, 0.2) is 0 Å². The summed E-state index contributed by atoms with van der Waals surface area (Å²) >= 11 is 5.57. The monoisotopic (exact) mass is 690 g/mol. The Kier molecular flexibility index (Phi) is 24.8. The number of unbranched alkanes of at least 4 members (excludes halogenated alkanes) is 6. The zero-order valence-electron chi connectivity index (χ0n) is 25.8. The maximum atomic E-state index is 13.8. The van der Waals surface area contributed by atoms with Crippen molar-refractivity contribution in [2.45, 2.75) is 119 Å². The van der Waals surface area contributed by atoms with Crippen LogP contribution < -0.4 is 0 Å². The number of rotatable bonds is 30. The predicted octanol–water partition coefficient (Wildman–Crippen LogP) is 10.5. The Morgan fingerprint density at radius 3 is 0.707 bits per heavy atom. The molecule has 17 heteroatoms. The van der Waals surface area contributed by atoms with Crippen LogP contribution >= 0.6 is 30.2 Å². The first-order valence-corrected chi connectivity index (χ1v) is 21.8. The minimum Gasteiger partial charge on any atom is -0.287 e. The fourth-order valence-electron chi connectivity index (χ4n) is 2.59. The first-order chi connectivity index (χ1) is 19.5. The zero-order valence-corrected chi connectivity index (χ0v) is 30.2. The predicted molar refractivity (Wildman–Crippen MR) is 166 cm³/mol. The van der Waals surface area contributed by atoms with Crippen LogP contribution in [0.25, 0.3) is 0 Å². The van der Waals surface area contributed by atoms with E-state index in [1.807, 2.05) is 41.5 Å². The Hall–Kier alpha value is 0.980. The lowest BCUT2D eigenvalue weighted by Crippen LogP contribution is -2.09. The summed E-state index contributed by atoms with van der Waals surface area (Å²) in [5.41, 5.74) is 0. The molecule has 0 amide bonds. The Morgan fingerprint density at radius 1 is 0.390 bits per heavy atom. The van der Waals surface area contributed by atoms with Gasteiger partial charge in [0.05, 0.1) is 39.6 Å². The zero-order chi connectivity index (χ0) is 31.1. The molecule has 0 N–H and O–H groups in total. The molecule has 0 fully saturated rings. The number of hydrogen-bond acceptors (Lipinski definition) is 13. The van der Waals surface area contributed by atoms with E-state index in [1.165, 1.54) is 0 Å². The summed E-state index contributed by atoms with van der Waals surface area (Å²) in [7, 11) is -13.4. The summed E-state index contributed by atoms with van der Waals surface area (Å²) in [6, 6.07) is 0. The van der Waals surface area contributed by atoms with Gasteiger partial charge in [0.2, 0.25) is 0 Å². The summed E-state index contributed by atoms with van der Waals surface area (Å²) < 4.78 is 91.4. The molecule has 0 rings (SSSR count). The van der Waals surface area contributed by atoms with Crippen molar-refractivity contribution in [1.82, 2.24) is 0 Å². The largest absolute Gasteiger partial charge is 0.482 e. The van der Waals surface area contributed by atoms with E-state index in [0.717, 1.165) is 38.5 Å². The van der Waals surface area contributed by atoms with Gasteiger partial charge in [0.25, 0.3) is 0 Å². The third-order valence-corrected chi connectivity index (χ3v) is 14.7. The molecule has 0 heterocycles. The van der Waals surface area contributed by atoms with Gasteiger partial charge in [0, 0.05) is 0 Å². The molecule has 0 aromatic carbocycles. The fraction of sp³-hybridized carbons (Fsp3) is 1.00. The lowest BCUT2D eigenvalue weighted by Gasteiger charge is -2.30. The van der Waals surface area contributed by atoms with E-state index in [4.69, 9.17) is 51.9 Å². The molecule has 0 atom stereocenters. The molecule has 0 aromatic heterocycles. The third kappa shape index (κ3) is 20.6. The molecule has 248 valence electrons. The third-order valence-electron chi connectivity index (χ3n) is 5.08. The van der Waals surface area contributed by atoms with Crippen LogP contribution in [0.3, 0.4) is 0 Å². The summed E-state index contributed by atoms with van der Waals surface area (Å²) in [5, 5.41) is 0. The van der Waals surface area contributed by atoms with Crippen molar-refractivity contribution >= 4 is 42.0 Å². The lowest BCUT2D eigenvalue weighted by atomic mass is 10.4. The quantitative estimate of drug-likeness (QED) is 0.0523. The van der Waals surface area contributed by atoms with Crippen molar-refractivity contribution < 1.29 is 53.8 Å². The standard InChI is InChI=1S/C24H54O12P4S/c1-7-13-19-28-37(25,29-20-14-8-2)34-40(41,35-38(26,30-21-15-9-3)31-22-16-10-4)36-39(27,32-23-17-11-5)33-24-18-12-6/h7-24H2,1-6H3. The van der Waals surface area contributed by atoms with Gasteiger partial charge in [-0.05, 0) is 50.3 Å². The number of phosphoric ester groups is 3. The highest BCUT2D eigenvalue weighted by molar-refractivity contribution is 8.11. The van der Waals surface area contributed by atoms with Crippen LogP contribution in [0.5, 0.6) is 0 Å². The Labute approximate surface area is 253 Å². The lowest BCUT2D eigenvalue weighted by molar-refractivity contribution is 0.119. The Bertz CT molecular complexity index is 701. The van der Waals surface area contributed by atoms with E-state index in [1.54, 1.807) is 0 Å². The first kappa shape index (κ1) is 42.0. The molecule has 0 aromatic rings. The molecule has 0 aliphatic heterocycles. The average Bonchev–Trinajstić information content (AvgIpc) is 2.89. The maximum absolute atomic E-state index is 13.8. The Balaban J connectivity index is 6.51. The molecular formula is C24H54O12P4S. The van der Waals surface area contributed by atoms with Crippen LogP contribution in [0.4, 0.5) is 0 Å². The van der Waals surface area contributed by atoms with Crippen molar-refractivity contribution in [1.29, 1.82) is 0 Å². The normalized spacial score (nSPS) is 13.2. The molecule has 0 saturated carbocycles. The minimum absolute atomic E-state index is 0.0184. The smallest absolute Gasteiger partial charge is 0.287 e. The molecule has 0 aliphatic rings. The summed E-state index contributed by atoms with van der Waals surface area (Å²) in [6.07, 6.45) is 7.75. The fourth-order valence-corrected chi connectivity index (χ4v) is 12.4. The van der Waals surface area contributed by atoms with E-state index in [9.17, 15) is 13.7 Å². The number of hydrogen-bond donors (Lipinski definition) is 0. The second kappa shape index (κ2) is 24.2. The van der Waals surface area contributed by atoms with Gasteiger partial charge in [-0.25, -0.2) is 26.6 Å². The van der Waals surface area contributed by atoms with Crippen molar-refractivity contribution in [2.75, 3.05) is 39.6 Å². The van der Waals surface area contributed by atoms with Gasteiger partial charge in [-0.2, -0.15) is 0 Å². The molecule has 0 unspecified atom stereocenters. The maximum Gasteiger partial charge on any atom is 0.482 e. The second-order valence-corrected chi connectivity index (χ2v) is 17.6. The van der Waals surface area contributed by atoms with Crippen LogP contribution in [0.2, 0.25) is 0 Å². The van der Waals surface area contributed by atoms with E-state index >= 15 is 0 Å². The van der Waals surface area contributed by atoms with Gasteiger partial charge in [-0.1, -0.05) is 80.1 Å². The molecule has 0 saturated heterocycles. The molecular weight excluding hydrogens is 636 g/mol. The molecule has 0 radical (unpaired) electrons. The van der Waals surface area contributed by atoms with Gasteiger partial charge in [0.1, 0.15) is 0 Å². The second-order valence-electron chi connectivity index (χ2n) is 9.15. The molecule has 12 nitrogen and oxygen atoms in total. The van der Waals surface area contributed by atoms with Crippen LogP contribution in [-0.4, -0.2) is 39.6 Å². The number of phosphoric acid groups is 3. The SMILES string of the molecule is CCCCOP(=O)(OCCCC)OP(=S)(OP(=O)(OCCCC)OCCCC)OP(=O)(OCCCC)OCCCC. The van der Waals surface area contributed by atoms with Gasteiger partial charge in [-0.15, -0.1) is 0 Å². The Morgan fingerprint density at radius 2 is 0.561 bits per heavy atom. The minimum atomic E-state index is -4.58. The highest BCUT2D eigenvalue weighted by Crippen LogP contribution is 2.78. The van der Waals surface area contributed by atoms with Crippen molar-refractivity contribution in [3.05, 3.63) is 0 Å². The van der Waals surface area contributed by atoms with E-state index in [2.05, 4.69) is 0 Å². The van der Waals surface area contributed by atoms with Crippen molar-refractivity contribution in [3.63, 3.8) is 0 Å². The van der Waals surface area contributed by atoms with Gasteiger partial charge >= 0.3 is 30.2 Å². The molecule has 0 spiro atoms.